The standard InChI is InChI=1S/C16H26ClFN2/c1-11(2)20(12(3)4)9-8-19-13(5)15-7-6-14(18)10-16(15)17/h6-7,10-13,19H,8-9H2,1-5H3. The van der Waals surface area contributed by atoms with Gasteiger partial charge in [0.2, 0.25) is 0 Å². The first-order valence-corrected chi connectivity index (χ1v) is 7.64. The maximum Gasteiger partial charge on any atom is 0.124 e. The fourth-order valence-electron chi connectivity index (χ4n) is 2.49. The van der Waals surface area contributed by atoms with Gasteiger partial charge in [-0.2, -0.15) is 0 Å². The van der Waals surface area contributed by atoms with E-state index in [9.17, 15) is 4.39 Å². The van der Waals surface area contributed by atoms with Crippen LogP contribution in [0, 0.1) is 5.82 Å². The smallest absolute Gasteiger partial charge is 0.124 e. The number of hydrogen-bond donors (Lipinski definition) is 1. The first-order chi connectivity index (χ1) is 9.32. The molecule has 114 valence electrons. The maximum atomic E-state index is 13.0. The van der Waals surface area contributed by atoms with Gasteiger partial charge in [0.25, 0.3) is 0 Å². The molecular formula is C16H26ClFN2. The summed E-state index contributed by atoms with van der Waals surface area (Å²) in [5.74, 6) is -0.295. The molecule has 1 atom stereocenters. The lowest BCUT2D eigenvalue weighted by Gasteiger charge is -2.31. The normalized spacial score (nSPS) is 13.5. The zero-order chi connectivity index (χ0) is 15.3. The topological polar surface area (TPSA) is 15.3 Å². The van der Waals surface area contributed by atoms with Crippen molar-refractivity contribution in [2.24, 2.45) is 0 Å². The molecule has 0 aliphatic carbocycles. The highest BCUT2D eigenvalue weighted by molar-refractivity contribution is 6.31. The molecule has 0 amide bonds. The number of nitrogens with one attached hydrogen (secondary N) is 1. The lowest BCUT2D eigenvalue weighted by Crippen LogP contribution is -2.41. The van der Waals surface area contributed by atoms with Gasteiger partial charge < -0.3 is 5.32 Å². The number of halogens is 2. The summed E-state index contributed by atoms with van der Waals surface area (Å²) in [4.78, 5) is 2.44. The number of rotatable bonds is 7. The third-order valence-electron chi connectivity index (χ3n) is 3.58. The SMILES string of the molecule is CC(NCCN(C(C)C)C(C)C)c1ccc(F)cc1Cl. The van der Waals surface area contributed by atoms with Crippen LogP contribution in [-0.2, 0) is 0 Å². The minimum absolute atomic E-state index is 0.115. The summed E-state index contributed by atoms with van der Waals surface area (Å²) in [6.45, 7) is 12.7. The van der Waals surface area contributed by atoms with Gasteiger partial charge in [0.05, 0.1) is 0 Å². The van der Waals surface area contributed by atoms with Crippen molar-refractivity contribution in [1.29, 1.82) is 0 Å². The van der Waals surface area contributed by atoms with Gasteiger partial charge in [-0.3, -0.25) is 4.90 Å². The van der Waals surface area contributed by atoms with E-state index >= 15 is 0 Å². The quantitative estimate of drug-likeness (QED) is 0.810. The van der Waals surface area contributed by atoms with Crippen molar-refractivity contribution < 1.29 is 4.39 Å². The van der Waals surface area contributed by atoms with Crippen LogP contribution < -0.4 is 5.32 Å². The Morgan fingerprint density at radius 2 is 1.75 bits per heavy atom. The van der Waals surface area contributed by atoms with Crippen molar-refractivity contribution in [3.8, 4) is 0 Å². The van der Waals surface area contributed by atoms with E-state index in [1.807, 2.05) is 6.92 Å². The summed E-state index contributed by atoms with van der Waals surface area (Å²) in [5, 5.41) is 3.93. The van der Waals surface area contributed by atoms with Gasteiger partial charge in [0.1, 0.15) is 5.82 Å². The van der Waals surface area contributed by atoms with Gasteiger partial charge >= 0.3 is 0 Å². The van der Waals surface area contributed by atoms with Crippen LogP contribution in [0.4, 0.5) is 4.39 Å². The second-order valence-electron chi connectivity index (χ2n) is 5.77. The molecule has 0 aliphatic heterocycles. The molecule has 0 bridgehead atoms. The van der Waals surface area contributed by atoms with Gasteiger partial charge in [-0.1, -0.05) is 17.7 Å². The van der Waals surface area contributed by atoms with Crippen LogP contribution in [0.5, 0.6) is 0 Å². The Morgan fingerprint density at radius 1 is 1.15 bits per heavy atom. The van der Waals surface area contributed by atoms with Crippen molar-refractivity contribution in [3.63, 3.8) is 0 Å². The highest BCUT2D eigenvalue weighted by Crippen LogP contribution is 2.23. The van der Waals surface area contributed by atoms with E-state index in [1.165, 1.54) is 12.1 Å². The summed E-state index contributed by atoms with van der Waals surface area (Å²) < 4.78 is 13.0. The van der Waals surface area contributed by atoms with Crippen LogP contribution in [0.2, 0.25) is 5.02 Å². The van der Waals surface area contributed by atoms with Crippen molar-refractivity contribution in [2.75, 3.05) is 13.1 Å². The minimum atomic E-state index is -0.295. The summed E-state index contributed by atoms with van der Waals surface area (Å²) in [6.07, 6.45) is 0. The van der Waals surface area contributed by atoms with E-state index in [-0.39, 0.29) is 11.9 Å². The monoisotopic (exact) mass is 300 g/mol. The summed E-state index contributed by atoms with van der Waals surface area (Å²) in [6, 6.07) is 5.74. The second kappa shape index (κ2) is 7.96. The van der Waals surface area contributed by atoms with Crippen LogP contribution in [0.15, 0.2) is 18.2 Å². The summed E-state index contributed by atoms with van der Waals surface area (Å²) in [5.41, 5.74) is 0.939. The van der Waals surface area contributed by atoms with E-state index in [0.29, 0.717) is 17.1 Å². The first kappa shape index (κ1) is 17.4. The average molecular weight is 301 g/mol. The highest BCUT2D eigenvalue weighted by atomic mass is 35.5. The van der Waals surface area contributed by atoms with Crippen LogP contribution in [-0.4, -0.2) is 30.1 Å². The van der Waals surface area contributed by atoms with Crippen molar-refractivity contribution in [2.45, 2.75) is 52.7 Å². The molecule has 20 heavy (non-hydrogen) atoms. The summed E-state index contributed by atoms with van der Waals surface area (Å²) in [7, 11) is 0. The van der Waals surface area contributed by atoms with E-state index in [1.54, 1.807) is 6.07 Å². The predicted molar refractivity (Wildman–Crippen MR) is 84.8 cm³/mol. The molecule has 0 aliphatic rings. The molecule has 0 heterocycles. The molecule has 1 unspecified atom stereocenters. The molecule has 1 rings (SSSR count). The molecule has 0 fully saturated rings. The third kappa shape index (κ3) is 5.04. The number of hydrogen-bond acceptors (Lipinski definition) is 2. The fourth-order valence-corrected chi connectivity index (χ4v) is 2.82. The Hall–Kier alpha value is -0.640. The van der Waals surface area contributed by atoms with E-state index in [0.717, 1.165) is 18.7 Å². The molecule has 2 nitrogen and oxygen atoms in total. The molecule has 4 heteroatoms. The van der Waals surface area contributed by atoms with Gasteiger partial charge in [0, 0.05) is 36.2 Å². The molecule has 1 N–H and O–H groups in total. The Labute approximate surface area is 127 Å². The van der Waals surface area contributed by atoms with E-state index < -0.39 is 0 Å². The van der Waals surface area contributed by atoms with E-state index in [4.69, 9.17) is 11.6 Å². The molecule has 0 saturated heterocycles. The average Bonchev–Trinajstić information content (AvgIpc) is 2.33. The lowest BCUT2D eigenvalue weighted by atomic mass is 10.1. The Balaban J connectivity index is 2.53. The molecular weight excluding hydrogens is 275 g/mol. The molecule has 0 radical (unpaired) electrons. The van der Waals surface area contributed by atoms with Crippen LogP contribution >= 0.6 is 11.6 Å². The van der Waals surface area contributed by atoms with Gasteiger partial charge in [-0.15, -0.1) is 0 Å². The van der Waals surface area contributed by atoms with Crippen molar-refractivity contribution in [3.05, 3.63) is 34.6 Å². The number of nitrogens with zero attached hydrogens (tertiary/aromatic N) is 1. The fraction of sp³-hybridized carbons (Fsp3) is 0.625. The minimum Gasteiger partial charge on any atom is -0.309 e. The molecule has 1 aromatic rings. The van der Waals surface area contributed by atoms with Crippen molar-refractivity contribution >= 4 is 11.6 Å². The highest BCUT2D eigenvalue weighted by Gasteiger charge is 2.14. The first-order valence-electron chi connectivity index (χ1n) is 7.27. The third-order valence-corrected chi connectivity index (χ3v) is 3.90. The molecule has 0 aromatic heterocycles. The van der Waals surface area contributed by atoms with E-state index in [2.05, 4.69) is 37.9 Å². The summed E-state index contributed by atoms with van der Waals surface area (Å²) >= 11 is 6.08. The Kier molecular flexibility index (Phi) is 6.93. The second-order valence-corrected chi connectivity index (χ2v) is 6.17. The van der Waals surface area contributed by atoms with Gasteiger partial charge in [0.15, 0.2) is 0 Å². The lowest BCUT2D eigenvalue weighted by molar-refractivity contribution is 0.174. The molecule has 0 saturated carbocycles. The van der Waals surface area contributed by atoms with Gasteiger partial charge in [-0.25, -0.2) is 4.39 Å². The van der Waals surface area contributed by atoms with Crippen LogP contribution in [0.3, 0.4) is 0 Å². The zero-order valence-corrected chi connectivity index (χ0v) is 13.8. The molecule has 1 aromatic carbocycles. The van der Waals surface area contributed by atoms with Gasteiger partial charge in [-0.05, 0) is 52.3 Å². The van der Waals surface area contributed by atoms with Crippen molar-refractivity contribution in [1.82, 2.24) is 10.2 Å². The Morgan fingerprint density at radius 3 is 2.25 bits per heavy atom. The number of benzene rings is 1. The van der Waals surface area contributed by atoms with Crippen LogP contribution in [0.1, 0.15) is 46.2 Å². The predicted octanol–water partition coefficient (Wildman–Crippen LogP) is 4.25. The molecule has 0 spiro atoms. The zero-order valence-electron chi connectivity index (χ0n) is 13.1. The Bertz CT molecular complexity index is 413. The maximum absolute atomic E-state index is 13.0. The van der Waals surface area contributed by atoms with Crippen LogP contribution in [0.25, 0.3) is 0 Å². The largest absolute Gasteiger partial charge is 0.309 e.